The second kappa shape index (κ2) is 10.4. The molecule has 0 spiro atoms. The molecule has 2 amide bonds. The number of aromatic nitrogens is 1. The maximum absolute atomic E-state index is 12.6. The molecule has 1 atom stereocenters. The van der Waals surface area contributed by atoms with Crippen LogP contribution in [0.1, 0.15) is 31.9 Å². The number of carbonyl (C=O) groups is 3. The van der Waals surface area contributed by atoms with Gasteiger partial charge >= 0.3 is 6.09 Å². The summed E-state index contributed by atoms with van der Waals surface area (Å²) in [4.78, 5) is 40.9. The highest BCUT2D eigenvalue weighted by Gasteiger charge is 2.25. The standard InChI is InChI=1S/C22H27N3O4/c1-22(2,3)19(26)14-24-20(27)18(13-16-7-5-4-6-8-16)25-21(28)29-15-17-9-11-23-12-10-17/h4-12,18H,13-15H2,1-3H3,(H,24,27)(H,25,28). The van der Waals surface area contributed by atoms with Crippen molar-refractivity contribution in [2.75, 3.05) is 6.54 Å². The highest BCUT2D eigenvalue weighted by Crippen LogP contribution is 2.13. The van der Waals surface area contributed by atoms with E-state index in [1.807, 2.05) is 30.3 Å². The molecule has 0 bridgehead atoms. The van der Waals surface area contributed by atoms with Crippen molar-refractivity contribution in [2.24, 2.45) is 5.41 Å². The van der Waals surface area contributed by atoms with Crippen LogP contribution in [0.2, 0.25) is 0 Å². The fourth-order valence-electron chi connectivity index (χ4n) is 2.43. The topological polar surface area (TPSA) is 97.4 Å². The van der Waals surface area contributed by atoms with Gasteiger partial charge in [0.1, 0.15) is 12.6 Å². The van der Waals surface area contributed by atoms with Gasteiger partial charge in [-0.3, -0.25) is 14.6 Å². The van der Waals surface area contributed by atoms with Crippen LogP contribution in [0.4, 0.5) is 4.79 Å². The van der Waals surface area contributed by atoms with Crippen molar-refractivity contribution in [1.82, 2.24) is 15.6 Å². The Balaban J connectivity index is 1.99. The maximum Gasteiger partial charge on any atom is 0.408 e. The van der Waals surface area contributed by atoms with Crippen molar-refractivity contribution in [2.45, 2.75) is 39.8 Å². The molecule has 0 radical (unpaired) electrons. The summed E-state index contributed by atoms with van der Waals surface area (Å²) in [5.74, 6) is -0.531. The van der Waals surface area contributed by atoms with Crippen LogP contribution in [0.25, 0.3) is 0 Å². The van der Waals surface area contributed by atoms with Gasteiger partial charge in [-0.2, -0.15) is 0 Å². The molecule has 0 saturated carbocycles. The molecular weight excluding hydrogens is 370 g/mol. The molecule has 0 fully saturated rings. The van der Waals surface area contributed by atoms with E-state index < -0.39 is 23.5 Å². The number of nitrogens with one attached hydrogen (secondary N) is 2. The van der Waals surface area contributed by atoms with E-state index in [2.05, 4.69) is 15.6 Å². The quantitative estimate of drug-likeness (QED) is 0.714. The van der Waals surface area contributed by atoms with E-state index in [1.54, 1.807) is 45.3 Å². The van der Waals surface area contributed by atoms with Crippen LogP contribution >= 0.6 is 0 Å². The van der Waals surface area contributed by atoms with E-state index in [0.29, 0.717) is 0 Å². The predicted octanol–water partition coefficient (Wildman–Crippen LogP) is 2.65. The third-order valence-electron chi connectivity index (χ3n) is 4.27. The van der Waals surface area contributed by atoms with E-state index in [4.69, 9.17) is 4.74 Å². The summed E-state index contributed by atoms with van der Waals surface area (Å²) in [6.07, 6.45) is 2.78. The van der Waals surface area contributed by atoms with E-state index in [1.165, 1.54) is 0 Å². The van der Waals surface area contributed by atoms with E-state index in [9.17, 15) is 14.4 Å². The molecule has 0 aliphatic carbocycles. The van der Waals surface area contributed by atoms with Gasteiger partial charge < -0.3 is 15.4 Å². The molecule has 0 saturated heterocycles. The lowest BCUT2D eigenvalue weighted by Gasteiger charge is -2.21. The Labute approximate surface area is 170 Å². The Morgan fingerprint density at radius 1 is 1.00 bits per heavy atom. The molecule has 7 heteroatoms. The Hall–Kier alpha value is -3.22. The molecule has 2 aromatic rings. The van der Waals surface area contributed by atoms with Gasteiger partial charge in [0.05, 0.1) is 6.54 Å². The SMILES string of the molecule is CC(C)(C)C(=O)CNC(=O)C(Cc1ccccc1)NC(=O)OCc1ccncc1. The maximum atomic E-state index is 12.6. The van der Waals surface area contributed by atoms with Gasteiger partial charge in [0.2, 0.25) is 5.91 Å². The zero-order chi connectivity index (χ0) is 21.3. The Morgan fingerprint density at radius 3 is 2.28 bits per heavy atom. The number of Topliss-reactive ketones (excluding diaryl/α,β-unsaturated/α-hetero) is 1. The van der Waals surface area contributed by atoms with Gasteiger partial charge in [-0.05, 0) is 23.3 Å². The van der Waals surface area contributed by atoms with Crippen LogP contribution < -0.4 is 10.6 Å². The number of pyridine rings is 1. The lowest BCUT2D eigenvalue weighted by Crippen LogP contribution is -2.50. The second-order valence-corrected chi connectivity index (χ2v) is 7.71. The molecule has 0 aliphatic rings. The molecule has 0 aliphatic heterocycles. The van der Waals surface area contributed by atoms with Crippen molar-refractivity contribution in [3.8, 4) is 0 Å². The number of hydrogen-bond acceptors (Lipinski definition) is 5. The predicted molar refractivity (Wildman–Crippen MR) is 109 cm³/mol. The zero-order valence-electron chi connectivity index (χ0n) is 17.0. The number of nitrogens with zero attached hydrogens (tertiary/aromatic N) is 1. The summed E-state index contributed by atoms with van der Waals surface area (Å²) in [6, 6.07) is 11.9. The molecular formula is C22H27N3O4. The fraction of sp³-hybridized carbons (Fsp3) is 0.364. The normalized spacial score (nSPS) is 12.0. The molecule has 1 aromatic heterocycles. The third kappa shape index (κ3) is 7.73. The number of rotatable bonds is 8. The Bertz CT molecular complexity index is 817. The average molecular weight is 397 g/mol. The van der Waals surface area contributed by atoms with Crippen LogP contribution in [0.15, 0.2) is 54.9 Å². The third-order valence-corrected chi connectivity index (χ3v) is 4.27. The molecule has 154 valence electrons. The van der Waals surface area contributed by atoms with Gasteiger partial charge in [-0.15, -0.1) is 0 Å². The van der Waals surface area contributed by atoms with E-state index >= 15 is 0 Å². The summed E-state index contributed by atoms with van der Waals surface area (Å²) in [5, 5.41) is 5.22. The number of benzene rings is 1. The number of ether oxygens (including phenoxy) is 1. The average Bonchev–Trinajstić information content (AvgIpc) is 2.70. The summed E-state index contributed by atoms with van der Waals surface area (Å²) < 4.78 is 5.20. The Kier molecular flexibility index (Phi) is 7.88. The lowest BCUT2D eigenvalue weighted by molar-refractivity contribution is -0.129. The van der Waals surface area contributed by atoms with Gasteiger partial charge in [0.15, 0.2) is 5.78 Å². The minimum Gasteiger partial charge on any atom is -0.445 e. The minimum atomic E-state index is -0.866. The molecule has 29 heavy (non-hydrogen) atoms. The van der Waals surface area contributed by atoms with Crippen molar-refractivity contribution in [3.63, 3.8) is 0 Å². The zero-order valence-corrected chi connectivity index (χ0v) is 17.0. The second-order valence-electron chi connectivity index (χ2n) is 7.71. The van der Waals surface area contributed by atoms with Gasteiger partial charge in [0, 0.05) is 24.2 Å². The van der Waals surface area contributed by atoms with Crippen molar-refractivity contribution < 1.29 is 19.1 Å². The monoisotopic (exact) mass is 397 g/mol. The fourth-order valence-corrected chi connectivity index (χ4v) is 2.43. The first kappa shape index (κ1) is 22.1. The number of ketones is 1. The van der Waals surface area contributed by atoms with Crippen LogP contribution in [0.5, 0.6) is 0 Å². The molecule has 1 aromatic carbocycles. The molecule has 2 N–H and O–H groups in total. The molecule has 7 nitrogen and oxygen atoms in total. The van der Waals surface area contributed by atoms with Crippen LogP contribution in [0.3, 0.4) is 0 Å². The number of amides is 2. The van der Waals surface area contributed by atoms with Crippen LogP contribution in [-0.4, -0.2) is 35.4 Å². The summed E-state index contributed by atoms with van der Waals surface area (Å²) in [5.41, 5.74) is 1.11. The van der Waals surface area contributed by atoms with Crippen LogP contribution in [-0.2, 0) is 27.4 Å². The van der Waals surface area contributed by atoms with Crippen molar-refractivity contribution in [3.05, 3.63) is 66.0 Å². The molecule has 2 rings (SSSR count). The van der Waals surface area contributed by atoms with Crippen LogP contribution in [0, 0.1) is 5.41 Å². The molecule has 1 unspecified atom stereocenters. The smallest absolute Gasteiger partial charge is 0.408 e. The minimum absolute atomic E-state index is 0.0660. The summed E-state index contributed by atoms with van der Waals surface area (Å²) in [7, 11) is 0. The first-order chi connectivity index (χ1) is 13.8. The molecule has 1 heterocycles. The van der Waals surface area contributed by atoms with Gasteiger partial charge in [-0.25, -0.2) is 4.79 Å². The lowest BCUT2D eigenvalue weighted by atomic mass is 9.91. The van der Waals surface area contributed by atoms with Gasteiger partial charge in [0.25, 0.3) is 0 Å². The summed E-state index contributed by atoms with van der Waals surface area (Å²) >= 11 is 0. The van der Waals surface area contributed by atoms with Crippen molar-refractivity contribution >= 4 is 17.8 Å². The summed E-state index contributed by atoms with van der Waals surface area (Å²) in [6.45, 7) is 5.34. The first-order valence-electron chi connectivity index (χ1n) is 9.43. The highest BCUT2D eigenvalue weighted by molar-refractivity contribution is 5.92. The number of carbonyl (C=O) groups excluding carboxylic acids is 3. The van der Waals surface area contributed by atoms with Gasteiger partial charge in [-0.1, -0.05) is 51.1 Å². The Morgan fingerprint density at radius 2 is 1.66 bits per heavy atom. The van der Waals surface area contributed by atoms with E-state index in [0.717, 1.165) is 11.1 Å². The van der Waals surface area contributed by atoms with Crippen molar-refractivity contribution in [1.29, 1.82) is 0 Å². The largest absolute Gasteiger partial charge is 0.445 e. The number of hydrogen-bond donors (Lipinski definition) is 2. The first-order valence-corrected chi connectivity index (χ1v) is 9.43. The van der Waals surface area contributed by atoms with E-state index in [-0.39, 0.29) is 25.4 Å². The number of alkyl carbamates (subject to hydrolysis) is 1. The highest BCUT2D eigenvalue weighted by atomic mass is 16.5.